The molecule has 21 heavy (non-hydrogen) atoms. The summed E-state index contributed by atoms with van der Waals surface area (Å²) in [4.78, 5) is 25.7. The number of carbonyl (C=O) groups is 2. The molecule has 5 heteroatoms. The van der Waals surface area contributed by atoms with E-state index in [4.69, 9.17) is 0 Å². The first kappa shape index (κ1) is 16.1. The summed E-state index contributed by atoms with van der Waals surface area (Å²) in [6, 6.07) is -0.593. The lowest BCUT2D eigenvalue weighted by molar-refractivity contribution is -0.139. The molecule has 1 heterocycles. The number of nitrogens with one attached hydrogen (secondary N) is 1. The van der Waals surface area contributed by atoms with Crippen LogP contribution < -0.4 is 5.32 Å². The van der Waals surface area contributed by atoms with Crippen LogP contribution in [0.5, 0.6) is 0 Å². The minimum absolute atomic E-state index is 0.171. The maximum atomic E-state index is 12.5. The zero-order valence-electron chi connectivity index (χ0n) is 13.0. The van der Waals surface area contributed by atoms with Crippen molar-refractivity contribution in [1.29, 1.82) is 0 Å². The number of carbonyl (C=O) groups excluding carboxylic acids is 1. The number of rotatable bonds is 5. The van der Waals surface area contributed by atoms with E-state index in [9.17, 15) is 14.7 Å². The Labute approximate surface area is 127 Å². The van der Waals surface area contributed by atoms with Crippen LogP contribution in [0.1, 0.15) is 64.7 Å². The second-order valence-electron chi connectivity index (χ2n) is 6.43. The highest BCUT2D eigenvalue weighted by Gasteiger charge is 2.36. The topological polar surface area (TPSA) is 69.6 Å². The molecule has 0 spiro atoms. The Kier molecular flexibility index (Phi) is 5.88. The van der Waals surface area contributed by atoms with Gasteiger partial charge in [0, 0.05) is 12.6 Å². The maximum Gasteiger partial charge on any atom is 0.326 e. The van der Waals surface area contributed by atoms with Crippen molar-refractivity contribution in [2.45, 2.75) is 76.8 Å². The van der Waals surface area contributed by atoms with Crippen molar-refractivity contribution in [2.75, 3.05) is 6.54 Å². The van der Waals surface area contributed by atoms with E-state index in [1.807, 2.05) is 11.8 Å². The summed E-state index contributed by atoms with van der Waals surface area (Å²) in [6.45, 7) is 2.80. The SMILES string of the molecule is CCCCC(NC(=O)N1CCC[C@H]2CCCC[C@H]21)C(=O)O. The second kappa shape index (κ2) is 7.66. The van der Waals surface area contributed by atoms with E-state index in [-0.39, 0.29) is 6.03 Å². The highest BCUT2D eigenvalue weighted by molar-refractivity contribution is 5.82. The van der Waals surface area contributed by atoms with Gasteiger partial charge in [-0.3, -0.25) is 0 Å². The van der Waals surface area contributed by atoms with Crippen molar-refractivity contribution in [1.82, 2.24) is 10.2 Å². The maximum absolute atomic E-state index is 12.5. The first-order valence-electron chi connectivity index (χ1n) is 8.43. The molecule has 3 atom stereocenters. The molecule has 2 amide bonds. The molecule has 0 aromatic heterocycles. The molecule has 5 nitrogen and oxygen atoms in total. The average Bonchev–Trinajstić information content (AvgIpc) is 2.50. The number of urea groups is 1. The molecular formula is C16H28N2O3. The van der Waals surface area contributed by atoms with E-state index in [1.54, 1.807) is 0 Å². The van der Waals surface area contributed by atoms with Crippen LogP contribution in [0.3, 0.4) is 0 Å². The number of carboxylic acids is 1. The van der Waals surface area contributed by atoms with Crippen molar-refractivity contribution in [3.8, 4) is 0 Å². The van der Waals surface area contributed by atoms with Crippen LogP contribution in [0, 0.1) is 5.92 Å². The highest BCUT2D eigenvalue weighted by Crippen LogP contribution is 2.35. The van der Waals surface area contributed by atoms with E-state index in [0.29, 0.717) is 18.4 Å². The number of piperidine rings is 1. The molecule has 2 rings (SSSR count). The van der Waals surface area contributed by atoms with Gasteiger partial charge < -0.3 is 15.3 Å². The molecule has 0 aromatic rings. The Morgan fingerprint density at radius 3 is 2.67 bits per heavy atom. The normalized spacial score (nSPS) is 26.8. The minimum atomic E-state index is -0.922. The molecule has 2 aliphatic rings. The van der Waals surface area contributed by atoms with Gasteiger partial charge in [0.05, 0.1) is 0 Å². The van der Waals surface area contributed by atoms with Crippen LogP contribution in [-0.2, 0) is 4.79 Å². The first-order valence-corrected chi connectivity index (χ1v) is 8.43. The fraction of sp³-hybridized carbons (Fsp3) is 0.875. The lowest BCUT2D eigenvalue weighted by atomic mass is 9.78. The number of nitrogens with zero attached hydrogens (tertiary/aromatic N) is 1. The molecule has 120 valence electrons. The molecule has 0 bridgehead atoms. The summed E-state index contributed by atoms with van der Waals surface area (Å²) in [5.74, 6) is -0.300. The summed E-state index contributed by atoms with van der Waals surface area (Å²) in [6.07, 6.45) is 9.27. The predicted octanol–water partition coefficient (Wildman–Crippen LogP) is 2.99. The van der Waals surface area contributed by atoms with Crippen molar-refractivity contribution in [3.05, 3.63) is 0 Å². The molecule has 1 aliphatic heterocycles. The zero-order valence-corrected chi connectivity index (χ0v) is 13.0. The molecule has 0 radical (unpaired) electrons. The van der Waals surface area contributed by atoms with Crippen LogP contribution in [-0.4, -0.2) is 40.6 Å². The molecule has 1 aliphatic carbocycles. The fourth-order valence-electron chi connectivity index (χ4n) is 3.77. The minimum Gasteiger partial charge on any atom is -0.480 e. The summed E-state index contributed by atoms with van der Waals surface area (Å²) in [5, 5.41) is 12.0. The number of likely N-dealkylation sites (tertiary alicyclic amines) is 1. The van der Waals surface area contributed by atoms with E-state index in [0.717, 1.165) is 32.2 Å². The lowest BCUT2D eigenvalue weighted by Gasteiger charge is -2.44. The van der Waals surface area contributed by atoms with E-state index < -0.39 is 12.0 Å². The van der Waals surface area contributed by atoms with Gasteiger partial charge in [0.1, 0.15) is 6.04 Å². The summed E-state index contributed by atoms with van der Waals surface area (Å²) < 4.78 is 0. The Morgan fingerprint density at radius 1 is 1.24 bits per heavy atom. The molecule has 1 saturated heterocycles. The molecule has 2 N–H and O–H groups in total. The van der Waals surface area contributed by atoms with Gasteiger partial charge in [-0.15, -0.1) is 0 Å². The van der Waals surface area contributed by atoms with E-state index in [1.165, 1.54) is 25.7 Å². The van der Waals surface area contributed by atoms with Crippen molar-refractivity contribution < 1.29 is 14.7 Å². The van der Waals surface area contributed by atoms with Gasteiger partial charge in [-0.05, 0) is 38.0 Å². The highest BCUT2D eigenvalue weighted by atomic mass is 16.4. The Bertz CT molecular complexity index is 371. The lowest BCUT2D eigenvalue weighted by Crippen LogP contribution is -2.55. The van der Waals surface area contributed by atoms with Gasteiger partial charge in [0.2, 0.25) is 0 Å². The summed E-state index contributed by atoms with van der Waals surface area (Å²) in [7, 11) is 0. The third-order valence-electron chi connectivity index (χ3n) is 4.95. The van der Waals surface area contributed by atoms with E-state index in [2.05, 4.69) is 5.32 Å². The van der Waals surface area contributed by atoms with Gasteiger partial charge >= 0.3 is 12.0 Å². The van der Waals surface area contributed by atoms with Gasteiger partial charge in [0.15, 0.2) is 0 Å². The Morgan fingerprint density at radius 2 is 1.95 bits per heavy atom. The van der Waals surface area contributed by atoms with Gasteiger partial charge in [-0.1, -0.05) is 32.6 Å². The standard InChI is InChI=1S/C16H28N2O3/c1-2-3-9-13(15(19)20)17-16(21)18-11-6-8-12-7-4-5-10-14(12)18/h12-14H,2-11H2,1H3,(H,17,21)(H,19,20)/t12-,13?,14-/m1/s1. The summed E-state index contributed by atoms with van der Waals surface area (Å²) >= 11 is 0. The van der Waals surface area contributed by atoms with Crippen LogP contribution in [0.2, 0.25) is 0 Å². The first-order chi connectivity index (χ1) is 10.1. The van der Waals surface area contributed by atoms with Crippen LogP contribution in [0.25, 0.3) is 0 Å². The number of hydrogen-bond acceptors (Lipinski definition) is 2. The molecule has 1 saturated carbocycles. The molecule has 2 fully saturated rings. The third-order valence-corrected chi connectivity index (χ3v) is 4.95. The Balaban J connectivity index is 1.95. The third kappa shape index (κ3) is 4.11. The number of fused-ring (bicyclic) bond motifs is 1. The number of amides is 2. The molecular weight excluding hydrogens is 268 g/mol. The van der Waals surface area contributed by atoms with Crippen molar-refractivity contribution >= 4 is 12.0 Å². The monoisotopic (exact) mass is 296 g/mol. The number of carboxylic acid groups (broad SMARTS) is 1. The van der Waals surface area contributed by atoms with Crippen LogP contribution >= 0.6 is 0 Å². The smallest absolute Gasteiger partial charge is 0.326 e. The van der Waals surface area contributed by atoms with Crippen molar-refractivity contribution in [2.24, 2.45) is 5.92 Å². The van der Waals surface area contributed by atoms with E-state index >= 15 is 0 Å². The zero-order chi connectivity index (χ0) is 15.2. The predicted molar refractivity (Wildman–Crippen MR) is 81.2 cm³/mol. The Hall–Kier alpha value is -1.26. The molecule has 0 aromatic carbocycles. The van der Waals surface area contributed by atoms with Crippen molar-refractivity contribution in [3.63, 3.8) is 0 Å². The quantitative estimate of drug-likeness (QED) is 0.819. The second-order valence-corrected chi connectivity index (χ2v) is 6.43. The number of aliphatic carboxylic acids is 1. The number of unbranched alkanes of at least 4 members (excludes halogenated alkanes) is 1. The van der Waals surface area contributed by atoms with Crippen LogP contribution in [0.4, 0.5) is 4.79 Å². The average molecular weight is 296 g/mol. The summed E-state index contributed by atoms with van der Waals surface area (Å²) in [5.41, 5.74) is 0. The number of hydrogen-bond donors (Lipinski definition) is 2. The fourth-order valence-corrected chi connectivity index (χ4v) is 3.77. The van der Waals surface area contributed by atoms with Gasteiger partial charge in [-0.25, -0.2) is 9.59 Å². The largest absolute Gasteiger partial charge is 0.480 e. The van der Waals surface area contributed by atoms with Crippen LogP contribution in [0.15, 0.2) is 0 Å². The van der Waals surface area contributed by atoms with Gasteiger partial charge in [-0.2, -0.15) is 0 Å². The van der Waals surface area contributed by atoms with Gasteiger partial charge in [0.25, 0.3) is 0 Å². The molecule has 1 unspecified atom stereocenters.